The van der Waals surface area contributed by atoms with E-state index in [1.807, 2.05) is 41.3 Å². The van der Waals surface area contributed by atoms with Crippen molar-refractivity contribution < 1.29 is 14.6 Å². The summed E-state index contributed by atoms with van der Waals surface area (Å²) < 4.78 is 5.34. The maximum atomic E-state index is 11.8. The molecule has 0 amide bonds. The minimum absolute atomic E-state index is 0.505. The molecule has 1 fully saturated rings. The number of aliphatic carboxylic acids is 1. The number of ether oxygens (including phenoxy) is 1. The first-order chi connectivity index (χ1) is 11.7. The Hall–Kier alpha value is -1.82. The summed E-state index contributed by atoms with van der Waals surface area (Å²) in [5.74, 6) is -0.767. The third kappa shape index (κ3) is 4.38. The SMILES string of the molecule is O=C(O)[C@H](Cc1ccccc1Sc1ccccc1)N1CCOCC1. The Morgan fingerprint density at radius 1 is 1.08 bits per heavy atom. The number of morpholine rings is 1. The molecule has 0 aliphatic carbocycles. The summed E-state index contributed by atoms with van der Waals surface area (Å²) >= 11 is 1.68. The van der Waals surface area contributed by atoms with Gasteiger partial charge in [0, 0.05) is 22.9 Å². The number of carbonyl (C=O) groups is 1. The van der Waals surface area contributed by atoms with Crippen molar-refractivity contribution >= 4 is 17.7 Å². The van der Waals surface area contributed by atoms with E-state index in [0.717, 1.165) is 15.4 Å². The summed E-state index contributed by atoms with van der Waals surface area (Å²) in [5, 5.41) is 9.68. The highest BCUT2D eigenvalue weighted by atomic mass is 32.2. The van der Waals surface area contributed by atoms with Gasteiger partial charge >= 0.3 is 5.97 Å². The average Bonchev–Trinajstić information content (AvgIpc) is 2.62. The number of hydrogen-bond donors (Lipinski definition) is 1. The minimum atomic E-state index is -0.767. The summed E-state index contributed by atoms with van der Waals surface area (Å²) in [6.45, 7) is 2.55. The summed E-state index contributed by atoms with van der Waals surface area (Å²) in [6, 6.07) is 17.7. The maximum absolute atomic E-state index is 11.8. The molecule has 0 spiro atoms. The average molecular weight is 343 g/mol. The van der Waals surface area contributed by atoms with E-state index < -0.39 is 12.0 Å². The Kier molecular flexibility index (Phi) is 5.91. The molecule has 4 nitrogen and oxygen atoms in total. The number of carboxylic acids is 1. The molecule has 1 aliphatic heterocycles. The number of benzene rings is 2. The van der Waals surface area contributed by atoms with Crippen molar-refractivity contribution in [1.82, 2.24) is 4.90 Å². The Labute approximate surface area is 146 Å². The predicted octanol–water partition coefficient (Wildman–Crippen LogP) is 3.17. The molecule has 1 atom stereocenters. The molecule has 0 saturated carbocycles. The van der Waals surface area contributed by atoms with E-state index in [0.29, 0.717) is 32.7 Å². The van der Waals surface area contributed by atoms with Crippen LogP contribution in [0.25, 0.3) is 0 Å². The highest BCUT2D eigenvalue weighted by Crippen LogP contribution is 2.31. The van der Waals surface area contributed by atoms with Crippen LogP contribution < -0.4 is 0 Å². The number of hydrogen-bond acceptors (Lipinski definition) is 4. The van der Waals surface area contributed by atoms with Crippen LogP contribution in [0.15, 0.2) is 64.4 Å². The van der Waals surface area contributed by atoms with Crippen LogP contribution >= 0.6 is 11.8 Å². The molecule has 0 radical (unpaired) electrons. The highest BCUT2D eigenvalue weighted by Gasteiger charge is 2.28. The van der Waals surface area contributed by atoms with Crippen molar-refractivity contribution in [2.75, 3.05) is 26.3 Å². The fourth-order valence-electron chi connectivity index (χ4n) is 2.86. The van der Waals surface area contributed by atoms with Crippen molar-refractivity contribution in [3.05, 3.63) is 60.2 Å². The molecule has 1 heterocycles. The maximum Gasteiger partial charge on any atom is 0.321 e. The molecule has 0 bridgehead atoms. The monoisotopic (exact) mass is 343 g/mol. The highest BCUT2D eigenvalue weighted by molar-refractivity contribution is 7.99. The van der Waals surface area contributed by atoms with Gasteiger partial charge in [-0.15, -0.1) is 0 Å². The van der Waals surface area contributed by atoms with Gasteiger partial charge in [0.05, 0.1) is 13.2 Å². The van der Waals surface area contributed by atoms with Gasteiger partial charge in [0.15, 0.2) is 0 Å². The van der Waals surface area contributed by atoms with Gasteiger partial charge in [-0.05, 0) is 30.2 Å². The first-order valence-electron chi connectivity index (χ1n) is 8.09. The van der Waals surface area contributed by atoms with Crippen molar-refractivity contribution in [3.8, 4) is 0 Å². The topological polar surface area (TPSA) is 49.8 Å². The lowest BCUT2D eigenvalue weighted by molar-refractivity contribution is -0.145. The number of carboxylic acid groups (broad SMARTS) is 1. The second-order valence-corrected chi connectivity index (χ2v) is 6.84. The molecular weight excluding hydrogens is 322 g/mol. The molecule has 24 heavy (non-hydrogen) atoms. The van der Waals surface area contributed by atoms with Crippen molar-refractivity contribution in [2.24, 2.45) is 0 Å². The Morgan fingerprint density at radius 2 is 1.75 bits per heavy atom. The zero-order valence-corrected chi connectivity index (χ0v) is 14.2. The lowest BCUT2D eigenvalue weighted by Gasteiger charge is -2.32. The van der Waals surface area contributed by atoms with Gasteiger partial charge in [-0.3, -0.25) is 9.69 Å². The molecule has 1 saturated heterocycles. The zero-order valence-electron chi connectivity index (χ0n) is 13.4. The van der Waals surface area contributed by atoms with E-state index in [2.05, 4.69) is 18.2 Å². The Balaban J connectivity index is 1.79. The van der Waals surface area contributed by atoms with E-state index in [4.69, 9.17) is 4.74 Å². The molecule has 1 aliphatic rings. The second kappa shape index (κ2) is 8.33. The quantitative estimate of drug-likeness (QED) is 0.873. The van der Waals surface area contributed by atoms with Crippen LogP contribution in [0.5, 0.6) is 0 Å². The van der Waals surface area contributed by atoms with E-state index in [1.165, 1.54) is 0 Å². The Morgan fingerprint density at radius 3 is 2.46 bits per heavy atom. The van der Waals surface area contributed by atoms with Gasteiger partial charge in [-0.1, -0.05) is 48.2 Å². The third-order valence-corrected chi connectivity index (χ3v) is 5.25. The molecule has 2 aromatic carbocycles. The molecule has 126 valence electrons. The van der Waals surface area contributed by atoms with Crippen LogP contribution in [0.4, 0.5) is 0 Å². The Bertz CT molecular complexity index is 671. The molecule has 0 unspecified atom stereocenters. The fourth-order valence-corrected chi connectivity index (χ4v) is 3.83. The summed E-state index contributed by atoms with van der Waals surface area (Å²) in [6.07, 6.45) is 0.505. The standard InChI is InChI=1S/C19H21NO3S/c21-19(22)17(20-10-12-23-13-11-20)14-15-6-4-5-9-18(15)24-16-7-2-1-3-8-16/h1-9,17H,10-14H2,(H,21,22)/t17-/m0/s1. The lowest BCUT2D eigenvalue weighted by Crippen LogP contribution is -2.48. The summed E-state index contributed by atoms with van der Waals surface area (Å²) in [7, 11) is 0. The van der Waals surface area contributed by atoms with Gasteiger partial charge in [0.25, 0.3) is 0 Å². The van der Waals surface area contributed by atoms with E-state index in [-0.39, 0.29) is 0 Å². The first kappa shape index (κ1) is 17.0. The van der Waals surface area contributed by atoms with E-state index in [9.17, 15) is 9.90 Å². The fraction of sp³-hybridized carbons (Fsp3) is 0.316. The van der Waals surface area contributed by atoms with Gasteiger partial charge in [-0.25, -0.2) is 0 Å². The second-order valence-electron chi connectivity index (χ2n) is 5.73. The summed E-state index contributed by atoms with van der Waals surface area (Å²) in [4.78, 5) is 16.1. The summed E-state index contributed by atoms with van der Waals surface area (Å²) in [5.41, 5.74) is 1.07. The minimum Gasteiger partial charge on any atom is -0.480 e. The van der Waals surface area contributed by atoms with Crippen molar-refractivity contribution in [1.29, 1.82) is 0 Å². The smallest absolute Gasteiger partial charge is 0.321 e. The zero-order chi connectivity index (χ0) is 16.8. The van der Waals surface area contributed by atoms with Gasteiger partial charge in [0.2, 0.25) is 0 Å². The van der Waals surface area contributed by atoms with Gasteiger partial charge in [-0.2, -0.15) is 0 Å². The molecule has 2 aromatic rings. The van der Waals surface area contributed by atoms with Crippen LogP contribution in [0, 0.1) is 0 Å². The molecule has 5 heteroatoms. The van der Waals surface area contributed by atoms with Crippen LogP contribution in [0.2, 0.25) is 0 Å². The van der Waals surface area contributed by atoms with Crippen molar-refractivity contribution in [2.45, 2.75) is 22.3 Å². The van der Waals surface area contributed by atoms with Gasteiger partial charge in [0.1, 0.15) is 6.04 Å². The molecule has 0 aromatic heterocycles. The van der Waals surface area contributed by atoms with Crippen LogP contribution in [-0.2, 0) is 16.0 Å². The molecule has 3 rings (SSSR count). The first-order valence-corrected chi connectivity index (χ1v) is 8.91. The molecular formula is C19H21NO3S. The number of rotatable bonds is 6. The number of nitrogens with zero attached hydrogens (tertiary/aromatic N) is 1. The lowest BCUT2D eigenvalue weighted by atomic mass is 10.0. The largest absolute Gasteiger partial charge is 0.480 e. The van der Waals surface area contributed by atoms with Crippen molar-refractivity contribution in [3.63, 3.8) is 0 Å². The molecule has 1 N–H and O–H groups in total. The van der Waals surface area contributed by atoms with E-state index in [1.54, 1.807) is 11.8 Å². The predicted molar refractivity (Wildman–Crippen MR) is 94.5 cm³/mol. The van der Waals surface area contributed by atoms with Crippen LogP contribution in [0.3, 0.4) is 0 Å². The third-order valence-electron chi connectivity index (χ3n) is 4.13. The van der Waals surface area contributed by atoms with Crippen LogP contribution in [0.1, 0.15) is 5.56 Å². The van der Waals surface area contributed by atoms with Gasteiger partial charge < -0.3 is 9.84 Å². The normalized spacial score (nSPS) is 16.7. The van der Waals surface area contributed by atoms with Crippen LogP contribution in [-0.4, -0.2) is 48.3 Å². The van der Waals surface area contributed by atoms with E-state index >= 15 is 0 Å².